The number of aliphatic carboxylic acids is 1. The molecule has 6 heteroatoms. The van der Waals surface area contributed by atoms with Gasteiger partial charge in [-0.1, -0.05) is 30.3 Å². The van der Waals surface area contributed by atoms with Crippen molar-refractivity contribution < 1.29 is 19.1 Å². The van der Waals surface area contributed by atoms with E-state index in [1.54, 1.807) is 30.3 Å². The van der Waals surface area contributed by atoms with E-state index in [2.05, 4.69) is 10.3 Å². The first kappa shape index (κ1) is 14.6. The van der Waals surface area contributed by atoms with Crippen LogP contribution in [0.5, 0.6) is 0 Å². The minimum atomic E-state index is -1.03. The minimum Gasteiger partial charge on any atom is -0.481 e. The molecule has 0 spiro atoms. The number of carbonyl (C=O) groups is 2. The fraction of sp³-hybridized carbons (Fsp3) is 0.133. The number of carboxylic acid groups (broad SMARTS) is 1. The normalized spacial score (nSPS) is 11.7. The number of pyridine rings is 1. The molecule has 0 radical (unpaired) electrons. The second-order valence-corrected chi connectivity index (χ2v) is 4.40. The molecule has 1 heterocycles. The molecule has 1 unspecified atom stereocenters. The fourth-order valence-electron chi connectivity index (χ4n) is 1.85. The highest BCUT2D eigenvalue weighted by Gasteiger charge is 2.19. The van der Waals surface area contributed by atoms with Crippen LogP contribution in [0.25, 0.3) is 0 Å². The van der Waals surface area contributed by atoms with Gasteiger partial charge in [0.05, 0.1) is 18.7 Å². The van der Waals surface area contributed by atoms with Crippen LogP contribution in [0.3, 0.4) is 0 Å². The number of rotatable bonds is 5. The maximum atomic E-state index is 12.8. The summed E-state index contributed by atoms with van der Waals surface area (Å²) in [5.74, 6) is -2.13. The molecule has 0 fully saturated rings. The van der Waals surface area contributed by atoms with Crippen molar-refractivity contribution in [1.29, 1.82) is 0 Å². The van der Waals surface area contributed by atoms with Gasteiger partial charge in [-0.15, -0.1) is 0 Å². The van der Waals surface area contributed by atoms with Crippen molar-refractivity contribution in [1.82, 2.24) is 10.3 Å². The molecule has 0 bridgehead atoms. The first-order chi connectivity index (χ1) is 10.1. The monoisotopic (exact) mass is 288 g/mol. The molecule has 1 aromatic heterocycles. The zero-order chi connectivity index (χ0) is 15.2. The minimum absolute atomic E-state index is 0.0303. The van der Waals surface area contributed by atoms with Crippen molar-refractivity contribution in [3.8, 4) is 0 Å². The summed E-state index contributed by atoms with van der Waals surface area (Å²) < 4.78 is 12.8. The lowest BCUT2D eigenvalue weighted by Gasteiger charge is -2.17. The number of hydrogen-bond acceptors (Lipinski definition) is 3. The van der Waals surface area contributed by atoms with E-state index >= 15 is 0 Å². The first-order valence-corrected chi connectivity index (χ1v) is 6.25. The van der Waals surface area contributed by atoms with Crippen LogP contribution in [0.2, 0.25) is 0 Å². The first-order valence-electron chi connectivity index (χ1n) is 6.25. The molecule has 2 aromatic rings. The van der Waals surface area contributed by atoms with Crippen molar-refractivity contribution in [2.75, 3.05) is 0 Å². The van der Waals surface area contributed by atoms with Gasteiger partial charge in [0.1, 0.15) is 11.5 Å². The lowest BCUT2D eigenvalue weighted by molar-refractivity contribution is -0.137. The standard InChI is InChI=1S/C15H13FN2O3/c16-11-6-7-12(17-9-11)15(21)18-13(8-14(19)20)10-4-2-1-3-5-10/h1-7,9,13H,8H2,(H,18,21)(H,19,20). The zero-order valence-corrected chi connectivity index (χ0v) is 11.0. The van der Waals surface area contributed by atoms with Crippen LogP contribution in [-0.4, -0.2) is 22.0 Å². The SMILES string of the molecule is O=C(O)CC(NC(=O)c1ccc(F)cn1)c1ccccc1. The van der Waals surface area contributed by atoms with Crippen molar-refractivity contribution in [3.63, 3.8) is 0 Å². The number of aromatic nitrogens is 1. The van der Waals surface area contributed by atoms with Crippen molar-refractivity contribution >= 4 is 11.9 Å². The molecule has 0 saturated heterocycles. The predicted molar refractivity (Wildman–Crippen MR) is 73.1 cm³/mol. The van der Waals surface area contributed by atoms with Gasteiger partial charge < -0.3 is 10.4 Å². The van der Waals surface area contributed by atoms with Gasteiger partial charge in [-0.05, 0) is 17.7 Å². The molecule has 5 nitrogen and oxygen atoms in total. The lowest BCUT2D eigenvalue weighted by Crippen LogP contribution is -2.30. The quantitative estimate of drug-likeness (QED) is 0.883. The third-order valence-corrected chi connectivity index (χ3v) is 2.85. The molecule has 1 atom stereocenters. The van der Waals surface area contributed by atoms with Gasteiger partial charge in [-0.3, -0.25) is 9.59 Å². The predicted octanol–water partition coefficient (Wildman–Crippen LogP) is 2.17. The Morgan fingerprint density at radius 2 is 1.90 bits per heavy atom. The summed E-state index contributed by atoms with van der Waals surface area (Å²) in [7, 11) is 0. The van der Waals surface area contributed by atoms with Crippen LogP contribution in [0.15, 0.2) is 48.7 Å². The number of carbonyl (C=O) groups excluding carboxylic acids is 1. The van der Waals surface area contributed by atoms with Crippen LogP contribution < -0.4 is 5.32 Å². The molecule has 2 N–H and O–H groups in total. The second kappa shape index (κ2) is 6.60. The van der Waals surface area contributed by atoms with E-state index in [9.17, 15) is 14.0 Å². The number of nitrogens with zero attached hydrogens (tertiary/aromatic N) is 1. The Morgan fingerprint density at radius 3 is 2.48 bits per heavy atom. The summed E-state index contributed by atoms with van der Waals surface area (Å²) in [6.45, 7) is 0. The van der Waals surface area contributed by atoms with Crippen LogP contribution in [0.1, 0.15) is 28.5 Å². The number of amides is 1. The molecular formula is C15H13FN2O3. The molecule has 21 heavy (non-hydrogen) atoms. The molecule has 1 aromatic carbocycles. The molecule has 0 saturated carbocycles. The van der Waals surface area contributed by atoms with Crippen LogP contribution in [-0.2, 0) is 4.79 Å². The molecule has 0 aliphatic carbocycles. The van der Waals surface area contributed by atoms with E-state index in [0.717, 1.165) is 12.3 Å². The molecule has 0 aliphatic heterocycles. The summed E-state index contributed by atoms with van der Waals surface area (Å²) >= 11 is 0. The third-order valence-electron chi connectivity index (χ3n) is 2.85. The summed E-state index contributed by atoms with van der Waals surface area (Å²) in [4.78, 5) is 26.6. The number of carboxylic acids is 1. The summed E-state index contributed by atoms with van der Waals surface area (Å²) in [6, 6.07) is 10.5. The average Bonchev–Trinajstić information content (AvgIpc) is 2.47. The summed E-state index contributed by atoms with van der Waals surface area (Å²) in [5, 5.41) is 11.5. The average molecular weight is 288 g/mol. The van der Waals surface area contributed by atoms with Gasteiger partial charge in [-0.2, -0.15) is 0 Å². The van der Waals surface area contributed by atoms with E-state index in [1.807, 2.05) is 0 Å². The third kappa shape index (κ3) is 4.10. The second-order valence-electron chi connectivity index (χ2n) is 4.40. The lowest BCUT2D eigenvalue weighted by atomic mass is 10.0. The Hall–Kier alpha value is -2.76. The highest BCUT2D eigenvalue weighted by molar-refractivity contribution is 5.92. The highest BCUT2D eigenvalue weighted by Crippen LogP contribution is 2.17. The number of benzene rings is 1. The molecule has 1 amide bonds. The van der Waals surface area contributed by atoms with Gasteiger partial charge in [-0.25, -0.2) is 9.37 Å². The number of hydrogen-bond donors (Lipinski definition) is 2. The Labute approximate surface area is 120 Å². The Bertz CT molecular complexity index is 629. The maximum absolute atomic E-state index is 12.8. The van der Waals surface area contributed by atoms with Gasteiger partial charge >= 0.3 is 5.97 Å². The topological polar surface area (TPSA) is 79.3 Å². The highest BCUT2D eigenvalue weighted by atomic mass is 19.1. The largest absolute Gasteiger partial charge is 0.481 e. The Balaban J connectivity index is 2.17. The van der Waals surface area contributed by atoms with Crippen LogP contribution in [0.4, 0.5) is 4.39 Å². The van der Waals surface area contributed by atoms with Crippen molar-refractivity contribution in [2.24, 2.45) is 0 Å². The van der Waals surface area contributed by atoms with Gasteiger partial charge in [0, 0.05) is 0 Å². The number of nitrogens with one attached hydrogen (secondary N) is 1. The van der Waals surface area contributed by atoms with Crippen molar-refractivity contribution in [2.45, 2.75) is 12.5 Å². The summed E-state index contributed by atoms with van der Waals surface area (Å²) in [5.41, 5.74) is 0.707. The molecule has 2 rings (SSSR count). The Kier molecular flexibility index (Phi) is 4.61. The summed E-state index contributed by atoms with van der Waals surface area (Å²) in [6.07, 6.45) is 0.681. The number of halogens is 1. The van der Waals surface area contributed by atoms with E-state index in [0.29, 0.717) is 5.56 Å². The van der Waals surface area contributed by atoms with E-state index in [1.165, 1.54) is 6.07 Å². The van der Waals surface area contributed by atoms with Crippen LogP contribution in [0, 0.1) is 5.82 Å². The Morgan fingerprint density at radius 1 is 1.19 bits per heavy atom. The zero-order valence-electron chi connectivity index (χ0n) is 11.0. The van der Waals surface area contributed by atoms with Gasteiger partial charge in [0.15, 0.2) is 0 Å². The van der Waals surface area contributed by atoms with Crippen LogP contribution >= 0.6 is 0 Å². The van der Waals surface area contributed by atoms with Crippen molar-refractivity contribution in [3.05, 3.63) is 65.7 Å². The van der Waals surface area contributed by atoms with E-state index in [-0.39, 0.29) is 12.1 Å². The fourth-order valence-corrected chi connectivity index (χ4v) is 1.85. The molecule has 0 aliphatic rings. The molecule has 108 valence electrons. The molecular weight excluding hydrogens is 275 g/mol. The van der Waals surface area contributed by atoms with E-state index in [4.69, 9.17) is 5.11 Å². The maximum Gasteiger partial charge on any atom is 0.305 e. The van der Waals surface area contributed by atoms with Gasteiger partial charge in [0.25, 0.3) is 5.91 Å². The smallest absolute Gasteiger partial charge is 0.305 e. The van der Waals surface area contributed by atoms with E-state index < -0.39 is 23.7 Å². The van der Waals surface area contributed by atoms with Gasteiger partial charge in [0.2, 0.25) is 0 Å².